The number of sulfonamides is 1. The summed E-state index contributed by atoms with van der Waals surface area (Å²) in [6.07, 6.45) is 0. The monoisotopic (exact) mass is 272 g/mol. The second-order valence-electron chi connectivity index (χ2n) is 3.38. The summed E-state index contributed by atoms with van der Waals surface area (Å²) in [5.41, 5.74) is 6.27. The number of hydrogen-bond donors (Lipinski definition) is 2. The van der Waals surface area contributed by atoms with Crippen LogP contribution < -0.4 is 10.5 Å². The largest absolute Gasteiger partial charge is 0.447 e. The van der Waals surface area contributed by atoms with Gasteiger partial charge in [0, 0.05) is 6.54 Å². The first kappa shape index (κ1) is 12.3. The molecule has 17 heavy (non-hydrogen) atoms. The van der Waals surface area contributed by atoms with Crippen LogP contribution in [-0.4, -0.2) is 8.42 Å². The quantitative estimate of drug-likeness (QED) is 0.858. The topological polar surface area (TPSA) is 85.3 Å². The van der Waals surface area contributed by atoms with Crippen LogP contribution in [-0.2, 0) is 23.1 Å². The van der Waals surface area contributed by atoms with Crippen molar-refractivity contribution in [2.45, 2.75) is 18.2 Å². The highest BCUT2D eigenvalue weighted by atomic mass is 32.2. The lowest BCUT2D eigenvalue weighted by Crippen LogP contribution is -2.22. The second-order valence-corrected chi connectivity index (χ2v) is 5.86. The number of rotatable bonds is 5. The first-order chi connectivity index (χ1) is 8.12. The van der Waals surface area contributed by atoms with Gasteiger partial charge in [0.15, 0.2) is 0 Å². The fraction of sp³-hybridized carbons (Fsp3) is 0.200. The van der Waals surface area contributed by atoms with E-state index in [0.717, 1.165) is 5.56 Å². The molecule has 0 radical (unpaired) electrons. The van der Waals surface area contributed by atoms with E-state index in [2.05, 4.69) is 4.72 Å². The molecule has 0 unspecified atom stereocenters. The maximum Gasteiger partial charge on any atom is 0.274 e. The lowest BCUT2D eigenvalue weighted by atomic mass is 10.4. The van der Waals surface area contributed by atoms with Crippen molar-refractivity contribution in [3.8, 4) is 0 Å². The van der Waals surface area contributed by atoms with Gasteiger partial charge in [-0.25, -0.2) is 13.1 Å². The van der Waals surface area contributed by atoms with Crippen molar-refractivity contribution in [1.82, 2.24) is 4.72 Å². The molecule has 0 fully saturated rings. The minimum absolute atomic E-state index is 0.104. The highest BCUT2D eigenvalue weighted by Crippen LogP contribution is 2.14. The van der Waals surface area contributed by atoms with Gasteiger partial charge in [0.25, 0.3) is 10.0 Å². The number of nitrogens with one attached hydrogen (secondary N) is 1. The Labute approximate surface area is 103 Å². The average molecular weight is 272 g/mol. The van der Waals surface area contributed by atoms with Gasteiger partial charge in [0.1, 0.15) is 5.76 Å². The fourth-order valence-electron chi connectivity index (χ4n) is 1.26. The van der Waals surface area contributed by atoms with Crippen LogP contribution in [0.3, 0.4) is 0 Å². The van der Waals surface area contributed by atoms with E-state index < -0.39 is 10.0 Å². The Morgan fingerprint density at radius 2 is 2.18 bits per heavy atom. The number of thiophene rings is 1. The van der Waals surface area contributed by atoms with Crippen LogP contribution in [0.5, 0.6) is 0 Å². The molecule has 0 atom stereocenters. The van der Waals surface area contributed by atoms with E-state index in [1.807, 2.05) is 16.8 Å². The van der Waals surface area contributed by atoms with Crippen molar-refractivity contribution in [1.29, 1.82) is 0 Å². The van der Waals surface area contributed by atoms with E-state index in [-0.39, 0.29) is 18.2 Å². The molecule has 0 aliphatic heterocycles. The Balaban J connectivity index is 2.08. The summed E-state index contributed by atoms with van der Waals surface area (Å²) >= 11 is 1.52. The second kappa shape index (κ2) is 5.01. The Morgan fingerprint density at radius 1 is 1.35 bits per heavy atom. The minimum Gasteiger partial charge on any atom is -0.447 e. The SMILES string of the molecule is NCc1ccc(S(=O)(=O)NCc2ccsc2)o1. The summed E-state index contributed by atoms with van der Waals surface area (Å²) in [6.45, 7) is 0.435. The Morgan fingerprint density at radius 3 is 2.76 bits per heavy atom. The number of nitrogens with two attached hydrogens (primary N) is 1. The van der Waals surface area contributed by atoms with Crippen LogP contribution in [0.25, 0.3) is 0 Å². The van der Waals surface area contributed by atoms with Gasteiger partial charge in [-0.2, -0.15) is 11.3 Å². The molecule has 2 aromatic rings. The molecule has 2 heterocycles. The van der Waals surface area contributed by atoms with Gasteiger partial charge in [-0.1, -0.05) is 0 Å². The van der Waals surface area contributed by atoms with Gasteiger partial charge in [0.2, 0.25) is 5.09 Å². The molecule has 92 valence electrons. The minimum atomic E-state index is -3.59. The Kier molecular flexibility index (Phi) is 3.63. The predicted molar refractivity (Wildman–Crippen MR) is 64.9 cm³/mol. The van der Waals surface area contributed by atoms with E-state index in [0.29, 0.717) is 5.76 Å². The van der Waals surface area contributed by atoms with Crippen molar-refractivity contribution in [3.05, 3.63) is 40.3 Å². The molecule has 2 rings (SSSR count). The lowest BCUT2D eigenvalue weighted by Gasteiger charge is -2.02. The predicted octanol–water partition coefficient (Wildman–Crippen LogP) is 1.28. The summed E-state index contributed by atoms with van der Waals surface area (Å²) in [5.74, 6) is 0.445. The lowest BCUT2D eigenvalue weighted by molar-refractivity contribution is 0.413. The van der Waals surface area contributed by atoms with Crippen LogP contribution in [0.1, 0.15) is 11.3 Å². The third-order valence-corrected chi connectivity index (χ3v) is 4.16. The molecule has 3 N–H and O–H groups in total. The normalized spacial score (nSPS) is 11.8. The van der Waals surface area contributed by atoms with E-state index in [9.17, 15) is 8.42 Å². The van der Waals surface area contributed by atoms with Crippen molar-refractivity contribution < 1.29 is 12.8 Å². The molecule has 2 aromatic heterocycles. The molecular weight excluding hydrogens is 260 g/mol. The van der Waals surface area contributed by atoms with Crippen LogP contribution >= 0.6 is 11.3 Å². The number of furan rings is 1. The van der Waals surface area contributed by atoms with Crippen LogP contribution in [0, 0.1) is 0 Å². The van der Waals surface area contributed by atoms with Crippen molar-refractivity contribution >= 4 is 21.4 Å². The molecule has 0 aliphatic rings. The van der Waals surface area contributed by atoms with E-state index >= 15 is 0 Å². The molecule has 0 aromatic carbocycles. The zero-order valence-corrected chi connectivity index (χ0v) is 10.6. The van der Waals surface area contributed by atoms with Crippen molar-refractivity contribution in [3.63, 3.8) is 0 Å². The summed E-state index contributed by atoms with van der Waals surface area (Å²) < 4.78 is 31.2. The molecule has 0 aliphatic carbocycles. The maximum absolute atomic E-state index is 11.8. The molecule has 7 heteroatoms. The highest BCUT2D eigenvalue weighted by Gasteiger charge is 2.18. The third-order valence-electron chi connectivity index (χ3n) is 2.15. The van der Waals surface area contributed by atoms with E-state index in [1.165, 1.54) is 17.4 Å². The standard InChI is InChI=1S/C10H12N2O3S2/c11-5-9-1-2-10(15-9)17(13,14)12-6-8-3-4-16-7-8/h1-4,7,12H,5-6,11H2. The van der Waals surface area contributed by atoms with Gasteiger partial charge in [0.05, 0.1) is 6.54 Å². The Hall–Kier alpha value is -1.15. The zero-order chi connectivity index (χ0) is 12.3. The highest BCUT2D eigenvalue weighted by molar-refractivity contribution is 7.89. The van der Waals surface area contributed by atoms with Crippen molar-refractivity contribution in [2.24, 2.45) is 5.73 Å². The average Bonchev–Trinajstić information content (AvgIpc) is 2.98. The van der Waals surface area contributed by atoms with E-state index in [4.69, 9.17) is 10.2 Å². The molecule has 0 saturated heterocycles. The Bertz CT molecular complexity index is 572. The molecule has 0 bridgehead atoms. The van der Waals surface area contributed by atoms with Gasteiger partial charge < -0.3 is 10.2 Å². The molecule has 5 nitrogen and oxygen atoms in total. The molecular formula is C10H12N2O3S2. The van der Waals surface area contributed by atoms with Crippen molar-refractivity contribution in [2.75, 3.05) is 0 Å². The molecule has 0 spiro atoms. The summed E-state index contributed by atoms with van der Waals surface area (Å²) in [6, 6.07) is 4.82. The van der Waals surface area contributed by atoms with Gasteiger partial charge in [-0.15, -0.1) is 0 Å². The smallest absolute Gasteiger partial charge is 0.274 e. The third kappa shape index (κ3) is 2.95. The summed E-state index contributed by atoms with van der Waals surface area (Å²) in [7, 11) is -3.59. The molecule has 0 saturated carbocycles. The number of hydrogen-bond acceptors (Lipinski definition) is 5. The zero-order valence-electron chi connectivity index (χ0n) is 8.92. The van der Waals surface area contributed by atoms with Crippen LogP contribution in [0.2, 0.25) is 0 Å². The van der Waals surface area contributed by atoms with Crippen LogP contribution in [0.4, 0.5) is 0 Å². The van der Waals surface area contributed by atoms with Crippen LogP contribution in [0.15, 0.2) is 38.5 Å². The summed E-state index contributed by atoms with van der Waals surface area (Å²) in [5, 5.41) is 3.67. The first-order valence-corrected chi connectivity index (χ1v) is 7.34. The fourth-order valence-corrected chi connectivity index (χ4v) is 2.89. The van der Waals surface area contributed by atoms with E-state index in [1.54, 1.807) is 6.07 Å². The molecule has 0 amide bonds. The summed E-state index contributed by atoms with van der Waals surface area (Å²) in [4.78, 5) is 0. The maximum atomic E-state index is 11.8. The van der Waals surface area contributed by atoms with Gasteiger partial charge >= 0.3 is 0 Å². The van der Waals surface area contributed by atoms with Gasteiger partial charge in [-0.05, 0) is 34.5 Å². The van der Waals surface area contributed by atoms with Gasteiger partial charge in [-0.3, -0.25) is 0 Å². The first-order valence-electron chi connectivity index (χ1n) is 4.91.